The van der Waals surface area contributed by atoms with Gasteiger partial charge in [0.15, 0.2) is 5.16 Å². The monoisotopic (exact) mass is 316 g/mol. The van der Waals surface area contributed by atoms with Crippen LogP contribution in [-0.2, 0) is 10.8 Å². The quantitative estimate of drug-likeness (QED) is 0.657. The van der Waals surface area contributed by atoms with Gasteiger partial charge in [-0.25, -0.2) is 4.98 Å². The van der Waals surface area contributed by atoms with Gasteiger partial charge in [-0.15, -0.1) is 12.4 Å². The summed E-state index contributed by atoms with van der Waals surface area (Å²) in [5, 5.41) is 14.3. The van der Waals surface area contributed by atoms with Gasteiger partial charge >= 0.3 is 0 Å². The second kappa shape index (κ2) is 5.86. The third kappa shape index (κ3) is 2.67. The number of non-ortho nitro benzene ring substituents is 1. The average Bonchev–Trinajstić information content (AvgIpc) is 3.06. The van der Waals surface area contributed by atoms with Gasteiger partial charge < -0.3 is 10.3 Å². The van der Waals surface area contributed by atoms with Crippen LogP contribution in [0.4, 0.5) is 5.69 Å². The fourth-order valence-corrected chi connectivity index (χ4v) is 3.47. The predicted molar refractivity (Wildman–Crippen MR) is 77.7 cm³/mol. The molecule has 2 aromatic rings. The zero-order chi connectivity index (χ0) is 13.4. The Bertz CT molecular complexity index is 669. The van der Waals surface area contributed by atoms with E-state index in [0.29, 0.717) is 22.7 Å². The van der Waals surface area contributed by atoms with Gasteiger partial charge in [0.05, 0.1) is 32.0 Å². The van der Waals surface area contributed by atoms with Crippen LogP contribution in [-0.4, -0.2) is 37.4 Å². The Morgan fingerprint density at radius 2 is 2.25 bits per heavy atom. The number of nitro benzene ring substituents is 1. The molecular weight excluding hydrogens is 304 g/mol. The first-order valence-electron chi connectivity index (χ1n) is 5.90. The lowest BCUT2D eigenvalue weighted by atomic mass is 10.3. The first kappa shape index (κ1) is 14.9. The molecule has 0 amide bonds. The fraction of sp³-hybridized carbons (Fsp3) is 0.364. The van der Waals surface area contributed by atoms with E-state index < -0.39 is 15.7 Å². The Morgan fingerprint density at radius 1 is 1.45 bits per heavy atom. The third-order valence-electron chi connectivity index (χ3n) is 3.16. The smallest absolute Gasteiger partial charge is 0.271 e. The standard InChI is InChI=1S/C11H12N4O3S.ClH/c16-15(17)7-1-2-9-10(5-7)14-11(13-9)19(18)8-3-4-12-6-8;/h1-2,5,8,12H,3-4,6H2,(H,13,14);1H/t8-,19?;/m1./s1. The van der Waals surface area contributed by atoms with Gasteiger partial charge in [-0.3, -0.25) is 14.3 Å². The number of hydrogen-bond acceptors (Lipinski definition) is 5. The summed E-state index contributed by atoms with van der Waals surface area (Å²) in [4.78, 5) is 17.4. The molecule has 108 valence electrons. The molecule has 20 heavy (non-hydrogen) atoms. The first-order valence-corrected chi connectivity index (χ1v) is 7.12. The number of fused-ring (bicyclic) bond motifs is 1. The lowest BCUT2D eigenvalue weighted by molar-refractivity contribution is -0.384. The van der Waals surface area contributed by atoms with E-state index in [4.69, 9.17) is 0 Å². The van der Waals surface area contributed by atoms with Crippen molar-refractivity contribution in [3.8, 4) is 0 Å². The molecule has 1 aromatic heterocycles. The number of H-pyrrole nitrogens is 1. The molecule has 2 N–H and O–H groups in total. The molecule has 0 radical (unpaired) electrons. The molecule has 2 atom stereocenters. The molecule has 1 aliphatic heterocycles. The maximum Gasteiger partial charge on any atom is 0.271 e. The number of rotatable bonds is 3. The maximum absolute atomic E-state index is 12.3. The molecule has 1 aromatic carbocycles. The molecule has 0 bridgehead atoms. The number of hydrogen-bond donors (Lipinski definition) is 2. The van der Waals surface area contributed by atoms with Crippen LogP contribution in [0.3, 0.4) is 0 Å². The number of nitrogens with zero attached hydrogens (tertiary/aromatic N) is 2. The van der Waals surface area contributed by atoms with Gasteiger partial charge in [-0.1, -0.05) is 0 Å². The zero-order valence-corrected chi connectivity index (χ0v) is 12.0. The summed E-state index contributed by atoms with van der Waals surface area (Å²) in [7, 11) is -1.21. The van der Waals surface area contributed by atoms with Crippen LogP contribution in [0.1, 0.15) is 6.42 Å². The van der Waals surface area contributed by atoms with E-state index in [0.717, 1.165) is 13.0 Å². The SMILES string of the molecule is Cl.O=[N+]([O-])c1ccc2nc(S(=O)[C@@H]3CCNC3)[nH]c2c1. The maximum atomic E-state index is 12.3. The van der Waals surface area contributed by atoms with Gasteiger partial charge in [0.25, 0.3) is 5.69 Å². The normalized spacial score (nSPS) is 19.7. The van der Waals surface area contributed by atoms with Crippen molar-refractivity contribution in [3.63, 3.8) is 0 Å². The Hall–Kier alpha value is -1.51. The van der Waals surface area contributed by atoms with Gasteiger partial charge in [0, 0.05) is 18.7 Å². The molecule has 1 unspecified atom stereocenters. The molecule has 0 aliphatic carbocycles. The van der Waals surface area contributed by atoms with Crippen molar-refractivity contribution in [2.45, 2.75) is 16.8 Å². The molecule has 1 saturated heterocycles. The number of nitro groups is 1. The molecule has 0 saturated carbocycles. The largest absolute Gasteiger partial charge is 0.331 e. The predicted octanol–water partition coefficient (Wildman–Crippen LogP) is 1.36. The van der Waals surface area contributed by atoms with E-state index in [1.165, 1.54) is 12.1 Å². The van der Waals surface area contributed by atoms with Crippen molar-refractivity contribution in [3.05, 3.63) is 28.3 Å². The number of imidazole rings is 1. The molecule has 1 aliphatic rings. The number of aromatic nitrogens is 2. The summed E-state index contributed by atoms with van der Waals surface area (Å²) in [6.45, 7) is 1.58. The summed E-state index contributed by atoms with van der Waals surface area (Å²) < 4.78 is 12.3. The van der Waals surface area contributed by atoms with E-state index in [2.05, 4.69) is 15.3 Å². The van der Waals surface area contributed by atoms with E-state index >= 15 is 0 Å². The van der Waals surface area contributed by atoms with Crippen LogP contribution in [0.15, 0.2) is 23.4 Å². The van der Waals surface area contributed by atoms with Crippen LogP contribution >= 0.6 is 12.4 Å². The highest BCUT2D eigenvalue weighted by Crippen LogP contribution is 2.21. The molecule has 7 nitrogen and oxygen atoms in total. The lowest BCUT2D eigenvalue weighted by Gasteiger charge is -2.04. The third-order valence-corrected chi connectivity index (χ3v) is 4.75. The van der Waals surface area contributed by atoms with Crippen LogP contribution in [0.5, 0.6) is 0 Å². The van der Waals surface area contributed by atoms with E-state index in [-0.39, 0.29) is 23.3 Å². The highest BCUT2D eigenvalue weighted by molar-refractivity contribution is 7.85. The van der Waals surface area contributed by atoms with Crippen molar-refractivity contribution >= 4 is 39.9 Å². The minimum atomic E-state index is -1.21. The number of halogens is 1. The van der Waals surface area contributed by atoms with Gasteiger partial charge in [0.1, 0.15) is 0 Å². The van der Waals surface area contributed by atoms with Gasteiger partial charge in [-0.05, 0) is 19.0 Å². The molecule has 9 heteroatoms. The summed E-state index contributed by atoms with van der Waals surface area (Å²) in [6, 6.07) is 4.38. The summed E-state index contributed by atoms with van der Waals surface area (Å²) in [5.74, 6) is 0. The molecule has 1 fully saturated rings. The average molecular weight is 317 g/mol. The Balaban J connectivity index is 0.00000147. The molecule has 0 spiro atoms. The fourth-order valence-electron chi connectivity index (χ4n) is 2.15. The number of nitrogens with one attached hydrogen (secondary N) is 2. The topological polar surface area (TPSA) is 101 Å². The van der Waals surface area contributed by atoms with Crippen LogP contribution in [0.2, 0.25) is 0 Å². The van der Waals surface area contributed by atoms with Gasteiger partial charge in [-0.2, -0.15) is 0 Å². The van der Waals surface area contributed by atoms with Crippen molar-refractivity contribution < 1.29 is 9.13 Å². The zero-order valence-electron chi connectivity index (χ0n) is 10.4. The van der Waals surface area contributed by atoms with Crippen molar-refractivity contribution in [1.82, 2.24) is 15.3 Å². The van der Waals surface area contributed by atoms with E-state index in [1.807, 2.05) is 0 Å². The highest BCUT2D eigenvalue weighted by atomic mass is 35.5. The van der Waals surface area contributed by atoms with Crippen molar-refractivity contribution in [2.75, 3.05) is 13.1 Å². The summed E-state index contributed by atoms with van der Waals surface area (Å²) >= 11 is 0. The van der Waals surface area contributed by atoms with Crippen LogP contribution < -0.4 is 5.32 Å². The molecular formula is C11H13ClN4O3S. The Labute approximate surface area is 123 Å². The van der Waals surface area contributed by atoms with E-state index in [1.54, 1.807) is 6.07 Å². The number of benzene rings is 1. The first-order chi connectivity index (χ1) is 9.15. The minimum Gasteiger partial charge on any atom is -0.331 e. The van der Waals surface area contributed by atoms with Crippen LogP contribution in [0.25, 0.3) is 11.0 Å². The Morgan fingerprint density at radius 3 is 2.90 bits per heavy atom. The minimum absolute atomic E-state index is 0. The summed E-state index contributed by atoms with van der Waals surface area (Å²) in [6.07, 6.45) is 0.851. The summed E-state index contributed by atoms with van der Waals surface area (Å²) in [5.41, 5.74) is 1.14. The molecule has 3 rings (SSSR count). The Kier molecular flexibility index (Phi) is 4.36. The highest BCUT2D eigenvalue weighted by Gasteiger charge is 2.24. The molecule has 2 heterocycles. The van der Waals surface area contributed by atoms with Crippen LogP contribution in [0, 0.1) is 10.1 Å². The second-order valence-electron chi connectivity index (χ2n) is 4.41. The van der Waals surface area contributed by atoms with Gasteiger partial charge in [0.2, 0.25) is 0 Å². The van der Waals surface area contributed by atoms with Crippen molar-refractivity contribution in [2.24, 2.45) is 0 Å². The lowest BCUT2D eigenvalue weighted by Crippen LogP contribution is -2.19. The van der Waals surface area contributed by atoms with E-state index in [9.17, 15) is 14.3 Å². The number of aromatic amines is 1. The van der Waals surface area contributed by atoms with Crippen molar-refractivity contribution in [1.29, 1.82) is 0 Å². The second-order valence-corrected chi connectivity index (χ2v) is 6.06.